The lowest BCUT2D eigenvalue weighted by molar-refractivity contribution is -0.137. The van der Waals surface area contributed by atoms with Crippen LogP contribution in [0.25, 0.3) is 5.70 Å². The van der Waals surface area contributed by atoms with E-state index >= 15 is 0 Å². The zero-order chi connectivity index (χ0) is 20.6. The van der Waals surface area contributed by atoms with Crippen LogP contribution in [-0.4, -0.2) is 33.4 Å². The number of hydrogen-bond acceptors (Lipinski definition) is 6. The molecule has 0 saturated carbocycles. The van der Waals surface area contributed by atoms with Gasteiger partial charge in [-0.3, -0.25) is 14.8 Å². The summed E-state index contributed by atoms with van der Waals surface area (Å²) >= 11 is 0. The number of carbonyl (C=O) groups excluding carboxylic acids is 1. The number of esters is 1. The minimum absolute atomic E-state index is 0.148. The van der Waals surface area contributed by atoms with Gasteiger partial charge in [0, 0.05) is 17.2 Å². The van der Waals surface area contributed by atoms with Crippen LogP contribution >= 0.6 is 0 Å². The number of H-pyrrole nitrogens is 2. The molecule has 0 saturated heterocycles. The van der Waals surface area contributed by atoms with E-state index < -0.39 is 23.1 Å². The number of fused-ring (bicyclic) bond motifs is 1. The Morgan fingerprint density at radius 3 is 2.54 bits per heavy atom. The maximum atomic E-state index is 12.3. The molecule has 0 atom stereocenters. The smallest absolute Gasteiger partial charge is 0.332 e. The molecular weight excluding hydrogens is 362 g/mol. The summed E-state index contributed by atoms with van der Waals surface area (Å²) in [4.78, 5) is 44.3. The van der Waals surface area contributed by atoms with Crippen LogP contribution in [0.15, 0.2) is 38.9 Å². The minimum Gasteiger partial charge on any atom is -0.494 e. The highest BCUT2D eigenvalue weighted by Crippen LogP contribution is 2.35. The first-order valence-corrected chi connectivity index (χ1v) is 8.80. The van der Waals surface area contributed by atoms with Gasteiger partial charge >= 0.3 is 11.7 Å². The third-order valence-electron chi connectivity index (χ3n) is 4.35. The first-order chi connectivity index (χ1) is 13.1. The first kappa shape index (κ1) is 19.3. The van der Waals surface area contributed by atoms with E-state index in [1.165, 1.54) is 6.08 Å². The summed E-state index contributed by atoms with van der Waals surface area (Å²) in [6.07, 6.45) is 1.25. The maximum absolute atomic E-state index is 12.3. The zero-order valence-corrected chi connectivity index (χ0v) is 16.0. The second kappa shape index (κ2) is 6.95. The van der Waals surface area contributed by atoms with Crippen LogP contribution in [0.3, 0.4) is 0 Å². The van der Waals surface area contributed by atoms with E-state index in [2.05, 4.69) is 35.7 Å². The van der Waals surface area contributed by atoms with E-state index in [0.717, 1.165) is 5.56 Å². The van der Waals surface area contributed by atoms with Gasteiger partial charge in [0.2, 0.25) is 5.88 Å². The molecule has 1 aliphatic heterocycles. The lowest BCUT2D eigenvalue weighted by atomic mass is 9.84. The summed E-state index contributed by atoms with van der Waals surface area (Å²) in [6.45, 7) is 8.08. The van der Waals surface area contributed by atoms with Crippen molar-refractivity contribution in [2.24, 2.45) is 4.99 Å². The van der Waals surface area contributed by atoms with Crippen molar-refractivity contribution < 1.29 is 14.6 Å². The molecule has 2 heterocycles. The Kier molecular flexibility index (Phi) is 4.80. The number of aromatic nitrogens is 2. The van der Waals surface area contributed by atoms with Gasteiger partial charge in [0.1, 0.15) is 5.56 Å². The van der Waals surface area contributed by atoms with Gasteiger partial charge in [-0.2, -0.15) is 0 Å². The molecule has 0 bridgehead atoms. The van der Waals surface area contributed by atoms with Crippen LogP contribution in [0.4, 0.5) is 0 Å². The Bertz CT molecular complexity index is 1130. The molecule has 8 heteroatoms. The lowest BCUT2D eigenvalue weighted by Gasteiger charge is -2.20. The minimum atomic E-state index is -0.824. The predicted octanol–water partition coefficient (Wildman–Crippen LogP) is 1.82. The van der Waals surface area contributed by atoms with Gasteiger partial charge in [0.05, 0.1) is 18.0 Å². The van der Waals surface area contributed by atoms with Crippen molar-refractivity contribution in [1.29, 1.82) is 0 Å². The molecule has 0 aliphatic carbocycles. The number of aromatic amines is 2. The van der Waals surface area contributed by atoms with Crippen LogP contribution < -0.4 is 11.2 Å². The highest BCUT2D eigenvalue weighted by molar-refractivity contribution is 6.22. The molecule has 3 rings (SSSR count). The van der Waals surface area contributed by atoms with Crippen LogP contribution in [0, 0.1) is 0 Å². The summed E-state index contributed by atoms with van der Waals surface area (Å²) in [5.74, 6) is -1.15. The Hall–Kier alpha value is -3.42. The Morgan fingerprint density at radius 2 is 1.93 bits per heavy atom. The molecule has 1 aromatic heterocycles. The second-order valence-corrected chi connectivity index (χ2v) is 7.38. The van der Waals surface area contributed by atoms with Gasteiger partial charge < -0.3 is 9.84 Å². The van der Waals surface area contributed by atoms with Gasteiger partial charge in [-0.1, -0.05) is 32.9 Å². The van der Waals surface area contributed by atoms with E-state index in [9.17, 15) is 19.5 Å². The number of nitrogens with zero attached hydrogens (tertiary/aromatic N) is 1. The number of ether oxygens (including phenoxy) is 1. The van der Waals surface area contributed by atoms with Crippen molar-refractivity contribution in [1.82, 2.24) is 9.97 Å². The number of hydrogen-bond donors (Lipinski definition) is 3. The summed E-state index contributed by atoms with van der Waals surface area (Å²) in [6, 6.07) is 5.58. The van der Waals surface area contributed by atoms with Crippen molar-refractivity contribution in [3.05, 3.63) is 67.4 Å². The number of aromatic hydroxyl groups is 1. The molecule has 1 aromatic carbocycles. The van der Waals surface area contributed by atoms with Crippen molar-refractivity contribution in [3.8, 4) is 5.88 Å². The average molecular weight is 383 g/mol. The third-order valence-corrected chi connectivity index (χ3v) is 4.35. The molecule has 0 spiro atoms. The Morgan fingerprint density at radius 1 is 1.21 bits per heavy atom. The fourth-order valence-electron chi connectivity index (χ4n) is 2.96. The van der Waals surface area contributed by atoms with Crippen LogP contribution in [-0.2, 0) is 14.9 Å². The largest absolute Gasteiger partial charge is 0.494 e. The lowest BCUT2D eigenvalue weighted by Crippen LogP contribution is -2.27. The van der Waals surface area contributed by atoms with Crippen LogP contribution in [0.2, 0.25) is 0 Å². The molecular formula is C20H21N3O5. The predicted molar refractivity (Wildman–Crippen MR) is 105 cm³/mol. The monoisotopic (exact) mass is 383 g/mol. The van der Waals surface area contributed by atoms with E-state index in [1.807, 2.05) is 12.1 Å². The van der Waals surface area contributed by atoms with E-state index in [1.54, 1.807) is 13.0 Å². The van der Waals surface area contributed by atoms with Crippen molar-refractivity contribution in [2.45, 2.75) is 33.1 Å². The molecule has 3 N–H and O–H groups in total. The Labute approximate surface area is 160 Å². The zero-order valence-electron chi connectivity index (χ0n) is 16.0. The highest BCUT2D eigenvalue weighted by Gasteiger charge is 2.28. The summed E-state index contributed by atoms with van der Waals surface area (Å²) in [5, 5.41) is 10.1. The molecule has 0 radical (unpaired) electrons. The molecule has 2 aromatic rings. The highest BCUT2D eigenvalue weighted by atomic mass is 16.5. The summed E-state index contributed by atoms with van der Waals surface area (Å²) < 4.78 is 4.97. The van der Waals surface area contributed by atoms with Gasteiger partial charge in [-0.05, 0) is 24.0 Å². The van der Waals surface area contributed by atoms with Gasteiger partial charge in [0.25, 0.3) is 5.56 Å². The maximum Gasteiger partial charge on any atom is 0.332 e. The summed E-state index contributed by atoms with van der Waals surface area (Å²) in [5.41, 5.74) is 0.787. The first-order valence-electron chi connectivity index (χ1n) is 8.80. The van der Waals surface area contributed by atoms with E-state index in [4.69, 9.17) is 4.74 Å². The van der Waals surface area contributed by atoms with Crippen molar-refractivity contribution in [2.75, 3.05) is 6.61 Å². The SMILES string of the molecule is CCOC(=O)/C=C1\N=C(c2c(O)[nH]c(=O)[nH]c2=O)c2ccc(C(C)(C)C)cc21. The number of aliphatic imine (C=N–C) groups is 1. The third kappa shape index (κ3) is 3.53. The standard InChI is InChI=1S/C20H21N3O5/c1-5-28-14(24)9-13-12-8-10(20(2,3)4)6-7-11(12)16(21-13)15-17(25)22-19(27)23-18(15)26/h6-9H,5H2,1-4H3,(H3,22,23,25,26,27)/b13-9-. The van der Waals surface area contributed by atoms with Gasteiger partial charge in [-0.15, -0.1) is 0 Å². The van der Waals surface area contributed by atoms with Gasteiger partial charge in [-0.25, -0.2) is 14.6 Å². The normalized spacial score (nSPS) is 14.7. The fraction of sp³-hybridized carbons (Fsp3) is 0.300. The van der Waals surface area contributed by atoms with Crippen LogP contribution in [0.1, 0.15) is 49.9 Å². The number of nitrogens with one attached hydrogen (secondary N) is 2. The molecule has 1 aliphatic rings. The van der Waals surface area contributed by atoms with E-state index in [-0.39, 0.29) is 23.3 Å². The molecule has 0 amide bonds. The number of benzene rings is 1. The molecule has 8 nitrogen and oxygen atoms in total. The fourth-order valence-corrected chi connectivity index (χ4v) is 2.96. The molecule has 146 valence electrons. The quantitative estimate of drug-likeness (QED) is 0.551. The summed E-state index contributed by atoms with van der Waals surface area (Å²) in [7, 11) is 0. The molecule has 28 heavy (non-hydrogen) atoms. The van der Waals surface area contributed by atoms with Crippen LogP contribution in [0.5, 0.6) is 5.88 Å². The number of carbonyl (C=O) groups is 1. The second-order valence-electron chi connectivity index (χ2n) is 7.38. The molecule has 0 unspecified atom stereocenters. The average Bonchev–Trinajstić information content (AvgIpc) is 2.91. The van der Waals surface area contributed by atoms with Crippen molar-refractivity contribution in [3.63, 3.8) is 0 Å². The van der Waals surface area contributed by atoms with E-state index in [0.29, 0.717) is 16.8 Å². The van der Waals surface area contributed by atoms with Crippen molar-refractivity contribution >= 4 is 17.4 Å². The molecule has 0 fully saturated rings. The number of rotatable bonds is 3. The topological polar surface area (TPSA) is 125 Å². The Balaban J connectivity index is 2.26. The van der Waals surface area contributed by atoms with Gasteiger partial charge in [0.15, 0.2) is 0 Å².